The summed E-state index contributed by atoms with van der Waals surface area (Å²) in [7, 11) is 0. The Labute approximate surface area is 151 Å². The van der Waals surface area contributed by atoms with Gasteiger partial charge in [0.15, 0.2) is 0 Å². The lowest BCUT2D eigenvalue weighted by Gasteiger charge is -2.20. The van der Waals surface area contributed by atoms with Crippen LogP contribution in [-0.4, -0.2) is 11.9 Å². The molecule has 26 heavy (non-hydrogen) atoms. The SMILES string of the molecule is C[C@H](N[C@H](C)c1ccc2ccccc2c1)C(=O)Nc1cc(F)ccc1F. The minimum atomic E-state index is -0.672. The van der Waals surface area contributed by atoms with Gasteiger partial charge >= 0.3 is 0 Å². The van der Waals surface area contributed by atoms with Crippen LogP contribution in [-0.2, 0) is 4.79 Å². The fraction of sp³-hybridized carbons (Fsp3) is 0.190. The summed E-state index contributed by atoms with van der Waals surface area (Å²) in [6.45, 7) is 3.64. The zero-order valence-electron chi connectivity index (χ0n) is 14.6. The number of amides is 1. The third-order valence-corrected chi connectivity index (χ3v) is 4.35. The van der Waals surface area contributed by atoms with Crippen LogP contribution in [0.1, 0.15) is 25.5 Å². The number of benzene rings is 3. The average Bonchev–Trinajstić information content (AvgIpc) is 2.64. The molecule has 0 bridgehead atoms. The Balaban J connectivity index is 1.68. The minimum absolute atomic E-state index is 0.0855. The van der Waals surface area contributed by atoms with E-state index in [1.807, 2.05) is 43.3 Å². The molecule has 2 N–H and O–H groups in total. The van der Waals surface area contributed by atoms with Gasteiger partial charge in [0.05, 0.1) is 11.7 Å². The molecule has 3 aromatic rings. The van der Waals surface area contributed by atoms with E-state index in [1.54, 1.807) is 6.92 Å². The van der Waals surface area contributed by atoms with Crippen LogP contribution in [0, 0.1) is 11.6 Å². The summed E-state index contributed by atoms with van der Waals surface area (Å²) in [4.78, 5) is 12.3. The second-order valence-corrected chi connectivity index (χ2v) is 6.33. The van der Waals surface area contributed by atoms with Gasteiger partial charge in [-0.3, -0.25) is 10.1 Å². The molecule has 0 aliphatic rings. The lowest BCUT2D eigenvalue weighted by molar-refractivity contribution is -0.118. The predicted octanol–water partition coefficient (Wildman–Crippen LogP) is 4.80. The van der Waals surface area contributed by atoms with Crippen molar-refractivity contribution in [3.05, 3.63) is 77.9 Å². The highest BCUT2D eigenvalue weighted by molar-refractivity contribution is 5.94. The average molecular weight is 354 g/mol. The number of halogens is 2. The van der Waals surface area contributed by atoms with Gasteiger partial charge in [-0.2, -0.15) is 0 Å². The summed E-state index contributed by atoms with van der Waals surface area (Å²) in [6.07, 6.45) is 0. The third-order valence-electron chi connectivity index (χ3n) is 4.35. The van der Waals surface area contributed by atoms with E-state index in [4.69, 9.17) is 0 Å². The van der Waals surface area contributed by atoms with Crippen LogP contribution in [0.15, 0.2) is 60.7 Å². The maximum atomic E-state index is 13.7. The van der Waals surface area contributed by atoms with Crippen molar-refractivity contribution in [1.82, 2.24) is 5.32 Å². The van der Waals surface area contributed by atoms with Gasteiger partial charge in [0.1, 0.15) is 11.6 Å². The van der Waals surface area contributed by atoms with Gasteiger partial charge in [0, 0.05) is 12.1 Å². The maximum Gasteiger partial charge on any atom is 0.241 e. The molecule has 2 atom stereocenters. The van der Waals surface area contributed by atoms with E-state index >= 15 is 0 Å². The zero-order chi connectivity index (χ0) is 18.7. The van der Waals surface area contributed by atoms with Gasteiger partial charge in [0.25, 0.3) is 0 Å². The first-order chi connectivity index (χ1) is 12.4. The van der Waals surface area contributed by atoms with E-state index in [9.17, 15) is 13.6 Å². The molecule has 3 nitrogen and oxygen atoms in total. The van der Waals surface area contributed by atoms with Gasteiger partial charge in [-0.25, -0.2) is 8.78 Å². The molecule has 0 aliphatic heterocycles. The molecule has 3 rings (SSSR count). The highest BCUT2D eigenvalue weighted by Crippen LogP contribution is 2.21. The highest BCUT2D eigenvalue weighted by atomic mass is 19.1. The van der Waals surface area contributed by atoms with Gasteiger partial charge < -0.3 is 5.32 Å². The fourth-order valence-corrected chi connectivity index (χ4v) is 2.86. The first-order valence-corrected chi connectivity index (χ1v) is 8.44. The quantitative estimate of drug-likeness (QED) is 0.691. The zero-order valence-corrected chi connectivity index (χ0v) is 14.6. The van der Waals surface area contributed by atoms with Crippen LogP contribution < -0.4 is 10.6 Å². The number of hydrogen-bond donors (Lipinski definition) is 2. The highest BCUT2D eigenvalue weighted by Gasteiger charge is 2.18. The standard InChI is InChI=1S/C21H20F2N2O/c1-13(16-8-7-15-5-3-4-6-17(15)11-16)24-14(2)21(26)25-20-12-18(22)9-10-19(20)23/h3-14,24H,1-2H3,(H,25,26)/t13-,14+/m1/s1. The molecule has 0 radical (unpaired) electrons. The van der Waals surface area contributed by atoms with Gasteiger partial charge in [-0.15, -0.1) is 0 Å². The van der Waals surface area contributed by atoms with E-state index in [0.29, 0.717) is 0 Å². The topological polar surface area (TPSA) is 41.1 Å². The predicted molar refractivity (Wildman–Crippen MR) is 99.9 cm³/mol. The molecule has 0 unspecified atom stereocenters. The normalized spacial score (nSPS) is 13.4. The Morgan fingerprint density at radius 3 is 2.42 bits per heavy atom. The number of anilines is 1. The van der Waals surface area contributed by atoms with Crippen LogP contribution in [0.3, 0.4) is 0 Å². The van der Waals surface area contributed by atoms with Gasteiger partial charge in [0.2, 0.25) is 5.91 Å². The summed E-state index contributed by atoms with van der Waals surface area (Å²) in [5.41, 5.74) is 0.877. The summed E-state index contributed by atoms with van der Waals surface area (Å²) in [6, 6.07) is 16.5. The van der Waals surface area contributed by atoms with Gasteiger partial charge in [-0.05, 0) is 48.4 Å². The van der Waals surface area contributed by atoms with Crippen molar-refractivity contribution in [3.8, 4) is 0 Å². The van der Waals surface area contributed by atoms with E-state index in [1.165, 1.54) is 0 Å². The Kier molecular flexibility index (Phi) is 5.28. The molecule has 0 spiro atoms. The molecule has 0 fully saturated rings. The van der Waals surface area contributed by atoms with Gasteiger partial charge in [-0.1, -0.05) is 36.4 Å². The van der Waals surface area contributed by atoms with Crippen molar-refractivity contribution in [2.75, 3.05) is 5.32 Å². The molecule has 0 saturated carbocycles. The molecule has 0 aromatic heterocycles. The lowest BCUT2D eigenvalue weighted by Crippen LogP contribution is -2.39. The summed E-state index contributed by atoms with van der Waals surface area (Å²) in [5.74, 6) is -1.71. The third kappa shape index (κ3) is 4.06. The second kappa shape index (κ2) is 7.62. The lowest BCUT2D eigenvalue weighted by atomic mass is 10.0. The number of fused-ring (bicyclic) bond motifs is 1. The number of carbonyl (C=O) groups is 1. The van der Waals surface area contributed by atoms with Crippen molar-refractivity contribution in [2.45, 2.75) is 25.9 Å². The first kappa shape index (κ1) is 18.0. The Morgan fingerprint density at radius 2 is 1.65 bits per heavy atom. The van der Waals surface area contributed by atoms with Crippen LogP contribution >= 0.6 is 0 Å². The molecule has 3 aromatic carbocycles. The fourth-order valence-electron chi connectivity index (χ4n) is 2.86. The van der Waals surface area contributed by atoms with Crippen molar-refractivity contribution < 1.29 is 13.6 Å². The Hall–Kier alpha value is -2.79. The maximum absolute atomic E-state index is 13.7. The summed E-state index contributed by atoms with van der Waals surface area (Å²) < 4.78 is 26.9. The molecule has 0 heterocycles. The molecule has 5 heteroatoms. The first-order valence-electron chi connectivity index (χ1n) is 8.44. The van der Waals surface area contributed by atoms with Crippen molar-refractivity contribution in [1.29, 1.82) is 0 Å². The van der Waals surface area contributed by atoms with E-state index in [2.05, 4.69) is 16.7 Å². The number of rotatable bonds is 5. The second-order valence-electron chi connectivity index (χ2n) is 6.33. The monoisotopic (exact) mass is 354 g/mol. The van der Waals surface area contributed by atoms with Crippen LogP contribution in [0.5, 0.6) is 0 Å². The molecule has 0 aliphatic carbocycles. The van der Waals surface area contributed by atoms with Crippen LogP contribution in [0.4, 0.5) is 14.5 Å². The molecule has 0 saturated heterocycles. The van der Waals surface area contributed by atoms with E-state index < -0.39 is 23.6 Å². The Bertz CT molecular complexity index is 942. The Morgan fingerprint density at radius 1 is 0.923 bits per heavy atom. The molecular weight excluding hydrogens is 334 g/mol. The minimum Gasteiger partial charge on any atom is -0.322 e. The largest absolute Gasteiger partial charge is 0.322 e. The van der Waals surface area contributed by atoms with E-state index in [0.717, 1.165) is 34.5 Å². The number of hydrogen-bond acceptors (Lipinski definition) is 2. The van der Waals surface area contributed by atoms with Crippen molar-refractivity contribution >= 4 is 22.4 Å². The number of carbonyl (C=O) groups excluding carboxylic acids is 1. The van der Waals surface area contributed by atoms with Crippen LogP contribution in [0.2, 0.25) is 0 Å². The van der Waals surface area contributed by atoms with Crippen molar-refractivity contribution in [3.63, 3.8) is 0 Å². The van der Waals surface area contributed by atoms with Crippen molar-refractivity contribution in [2.24, 2.45) is 0 Å². The smallest absolute Gasteiger partial charge is 0.241 e. The number of nitrogens with one attached hydrogen (secondary N) is 2. The molecule has 134 valence electrons. The van der Waals surface area contributed by atoms with E-state index in [-0.39, 0.29) is 11.7 Å². The molecular formula is C21H20F2N2O. The summed E-state index contributed by atoms with van der Waals surface area (Å²) in [5, 5.41) is 7.88. The van der Waals surface area contributed by atoms with Crippen LogP contribution in [0.25, 0.3) is 10.8 Å². The summed E-state index contributed by atoms with van der Waals surface area (Å²) >= 11 is 0. The molecule has 1 amide bonds.